The monoisotopic (exact) mass is 606 g/mol. The van der Waals surface area contributed by atoms with Crippen molar-refractivity contribution < 1.29 is 28.4 Å². The maximum Gasteiger partial charge on any atom is 0.308 e. The second-order valence-corrected chi connectivity index (χ2v) is 9.68. The van der Waals surface area contributed by atoms with Crippen molar-refractivity contribution >= 4 is 56.3 Å². The third-order valence-corrected chi connectivity index (χ3v) is 5.91. The summed E-state index contributed by atoms with van der Waals surface area (Å²) < 4.78 is 9.08. The van der Waals surface area contributed by atoms with Crippen molar-refractivity contribution in [3.05, 3.63) is 64.2 Å². The summed E-state index contributed by atoms with van der Waals surface area (Å²) in [5.41, 5.74) is 2.72. The van der Waals surface area contributed by atoms with Gasteiger partial charge in [-0.3, -0.25) is 24.2 Å². The van der Waals surface area contributed by atoms with Gasteiger partial charge in [0.1, 0.15) is 0 Å². The first-order valence-corrected chi connectivity index (χ1v) is 14.1. The number of aliphatic imine (C=N–C) groups is 1. The number of nitrogens with zero attached hydrogens (tertiary/aromatic N) is 1. The largest absolute Gasteiger partial charge is 0.466 e. The van der Waals surface area contributed by atoms with Crippen LogP contribution >= 0.6 is 21.1 Å². The fourth-order valence-electron chi connectivity index (χ4n) is 3.50. The van der Waals surface area contributed by atoms with Crippen LogP contribution in [0.5, 0.6) is 0 Å². The molecule has 224 valence electrons. The van der Waals surface area contributed by atoms with Crippen molar-refractivity contribution in [2.75, 3.05) is 25.0 Å². The predicted molar refractivity (Wildman–Crippen MR) is 165 cm³/mol. The minimum absolute atomic E-state index is 0.0554. The van der Waals surface area contributed by atoms with Crippen LogP contribution in [0.1, 0.15) is 74.5 Å². The van der Waals surface area contributed by atoms with Crippen molar-refractivity contribution in [1.29, 1.82) is 0 Å². The molecule has 12 heteroatoms. The summed E-state index contributed by atoms with van der Waals surface area (Å²) in [6, 6.07) is 11.7. The van der Waals surface area contributed by atoms with Crippen LogP contribution < -0.4 is 16.0 Å². The van der Waals surface area contributed by atoms with E-state index in [2.05, 4.69) is 32.4 Å². The maximum atomic E-state index is 12.7. The van der Waals surface area contributed by atoms with E-state index < -0.39 is 23.8 Å². The molecule has 2 atom stereocenters. The van der Waals surface area contributed by atoms with Crippen LogP contribution in [0.15, 0.2) is 47.5 Å². The zero-order chi connectivity index (χ0) is 30.8. The van der Waals surface area contributed by atoms with Gasteiger partial charge in [-0.2, -0.15) is 0 Å². The smallest absolute Gasteiger partial charge is 0.308 e. The van der Waals surface area contributed by atoms with Crippen LogP contribution in [0.3, 0.4) is 0 Å². The summed E-state index contributed by atoms with van der Waals surface area (Å²) in [4.78, 5) is 51.5. The Balaban J connectivity index is 0.00000154. The van der Waals surface area contributed by atoms with Crippen LogP contribution in [0, 0.1) is 6.92 Å². The van der Waals surface area contributed by atoms with Gasteiger partial charge in [0.2, 0.25) is 5.91 Å². The summed E-state index contributed by atoms with van der Waals surface area (Å²) in [6.45, 7) is 9.65. The molecule has 2 amide bonds. The number of hydrogen-bond donors (Lipinski definition) is 3. The first kappa shape index (κ1) is 35.5. The summed E-state index contributed by atoms with van der Waals surface area (Å²) in [6.07, 6.45) is 2.03. The van der Waals surface area contributed by atoms with E-state index in [4.69, 9.17) is 16.3 Å². The second kappa shape index (κ2) is 19.6. The van der Waals surface area contributed by atoms with Crippen LogP contribution in [0.4, 0.5) is 5.69 Å². The molecule has 2 aromatic rings. The molecule has 0 aliphatic carbocycles. The van der Waals surface area contributed by atoms with Crippen LogP contribution in [-0.2, 0) is 23.6 Å². The van der Waals surface area contributed by atoms with Gasteiger partial charge in [-0.1, -0.05) is 37.1 Å². The summed E-state index contributed by atoms with van der Waals surface area (Å²) in [7, 11) is 1.84. The Morgan fingerprint density at radius 3 is 2.39 bits per heavy atom. The predicted octanol–water partition coefficient (Wildman–Crippen LogP) is 5.16. The van der Waals surface area contributed by atoms with Gasteiger partial charge in [-0.05, 0) is 68.7 Å². The average Bonchev–Trinajstić information content (AvgIpc) is 2.91. The number of ether oxygens (including phenoxy) is 1. The molecule has 0 fully saturated rings. The number of rotatable bonds is 12. The van der Waals surface area contributed by atoms with Crippen molar-refractivity contribution in [3.8, 4) is 0 Å². The number of nitrogens with one attached hydrogen (secondary N) is 3. The normalized spacial score (nSPS) is 11.3. The molecule has 0 saturated carbocycles. The van der Waals surface area contributed by atoms with E-state index in [1.54, 1.807) is 37.3 Å². The number of esters is 1. The Kier molecular flexibility index (Phi) is 17.0. The zero-order valence-electron chi connectivity index (χ0n) is 24.2. The van der Waals surface area contributed by atoms with E-state index in [-0.39, 0.29) is 25.5 Å². The highest BCUT2D eigenvalue weighted by Crippen LogP contribution is 2.23. The van der Waals surface area contributed by atoms with Gasteiger partial charge in [0.25, 0.3) is 5.91 Å². The SMILES string of the molecule is CC(=O)OP.CCCCN=C(C)Nc1cccc(C(=O)NCC(=O)NC(CC(=O)OCC)c2cc(C)cc(Cl)c2)c1. The molecule has 0 spiro atoms. The Morgan fingerprint density at radius 1 is 1.07 bits per heavy atom. The lowest BCUT2D eigenvalue weighted by molar-refractivity contribution is -0.143. The van der Waals surface area contributed by atoms with Crippen molar-refractivity contribution in [3.63, 3.8) is 0 Å². The molecule has 3 N–H and O–H groups in total. The van der Waals surface area contributed by atoms with Crippen LogP contribution in [0.25, 0.3) is 0 Å². The number of anilines is 1. The van der Waals surface area contributed by atoms with Crippen molar-refractivity contribution in [2.24, 2.45) is 4.99 Å². The lowest BCUT2D eigenvalue weighted by Crippen LogP contribution is -2.39. The molecular weight excluding hydrogens is 567 g/mol. The van der Waals surface area contributed by atoms with Crippen molar-refractivity contribution in [2.45, 2.75) is 59.9 Å². The zero-order valence-corrected chi connectivity index (χ0v) is 26.1. The highest BCUT2D eigenvalue weighted by atomic mass is 35.5. The van der Waals surface area contributed by atoms with E-state index >= 15 is 0 Å². The van der Waals surface area contributed by atoms with Gasteiger partial charge in [0.05, 0.1) is 40.9 Å². The van der Waals surface area contributed by atoms with E-state index in [0.717, 1.165) is 36.5 Å². The molecular formula is C29H40ClN4O6P. The van der Waals surface area contributed by atoms with E-state index in [1.165, 1.54) is 6.92 Å². The number of carbonyl (C=O) groups excluding carboxylic acids is 4. The number of aryl methyl sites for hydroxylation is 1. The Bertz CT molecular complexity index is 1190. The van der Waals surface area contributed by atoms with Gasteiger partial charge >= 0.3 is 11.9 Å². The van der Waals surface area contributed by atoms with Crippen LogP contribution in [0.2, 0.25) is 5.02 Å². The first-order chi connectivity index (χ1) is 19.5. The average molecular weight is 607 g/mol. The number of amidine groups is 1. The fourth-order valence-corrected chi connectivity index (χ4v) is 3.80. The molecule has 2 unspecified atom stereocenters. The lowest BCUT2D eigenvalue weighted by atomic mass is 10.0. The minimum Gasteiger partial charge on any atom is -0.466 e. The molecule has 0 saturated heterocycles. The minimum atomic E-state index is -0.645. The second-order valence-electron chi connectivity index (χ2n) is 9.01. The maximum absolute atomic E-state index is 12.7. The molecule has 0 aromatic heterocycles. The molecule has 2 rings (SSSR count). The van der Waals surface area contributed by atoms with Gasteiger partial charge in [-0.25, -0.2) is 0 Å². The van der Waals surface area contributed by atoms with Crippen molar-refractivity contribution in [1.82, 2.24) is 10.6 Å². The highest BCUT2D eigenvalue weighted by Gasteiger charge is 2.20. The van der Waals surface area contributed by atoms with Gasteiger partial charge in [0.15, 0.2) is 0 Å². The number of benzene rings is 2. The van der Waals surface area contributed by atoms with Gasteiger partial charge in [0, 0.05) is 29.7 Å². The summed E-state index contributed by atoms with van der Waals surface area (Å²) in [5.74, 6) is -0.792. The quantitative estimate of drug-likeness (QED) is 0.0998. The third-order valence-electron chi connectivity index (χ3n) is 5.36. The summed E-state index contributed by atoms with van der Waals surface area (Å²) in [5, 5.41) is 9.11. The molecule has 0 bridgehead atoms. The van der Waals surface area contributed by atoms with E-state index in [0.29, 0.717) is 16.1 Å². The standard InChI is InChI=1S/C27H35ClN4O4.C2H5O2P/c1-5-7-11-29-19(4)31-23-10-8-9-20(15-23)27(35)30-17-25(33)32-24(16-26(34)36-6-2)21-12-18(3)13-22(28)14-21;1-2(3)4-5/h8-10,12-15,24H,5-7,11,16-17H2,1-4H3,(H,29,31)(H,30,35)(H,32,33);5H2,1H3. The Morgan fingerprint density at radius 2 is 1.78 bits per heavy atom. The van der Waals surface area contributed by atoms with E-state index in [9.17, 15) is 19.2 Å². The molecule has 10 nitrogen and oxygen atoms in total. The molecule has 41 heavy (non-hydrogen) atoms. The first-order valence-electron chi connectivity index (χ1n) is 13.2. The van der Waals surface area contributed by atoms with Gasteiger partial charge in [-0.15, -0.1) is 0 Å². The fraction of sp³-hybridized carbons (Fsp3) is 0.414. The number of unbranched alkanes of at least 4 members (excludes halogenated alkanes) is 1. The molecule has 0 heterocycles. The number of carbonyl (C=O) groups is 4. The van der Waals surface area contributed by atoms with Crippen LogP contribution in [-0.4, -0.2) is 49.3 Å². The molecule has 0 aliphatic rings. The number of hydrogen-bond acceptors (Lipinski definition) is 7. The Labute approximate surface area is 249 Å². The summed E-state index contributed by atoms with van der Waals surface area (Å²) >= 11 is 6.18. The molecule has 2 aromatic carbocycles. The third kappa shape index (κ3) is 15.2. The Hall–Kier alpha value is -3.49. The number of amides is 2. The lowest BCUT2D eigenvalue weighted by Gasteiger charge is -2.19. The topological polar surface area (TPSA) is 135 Å². The van der Waals surface area contributed by atoms with Gasteiger partial charge < -0.3 is 25.2 Å². The highest BCUT2D eigenvalue weighted by molar-refractivity contribution is 7.10. The molecule has 0 aliphatic heterocycles. The van der Waals surface area contributed by atoms with E-state index in [1.807, 2.05) is 35.4 Å². The number of halogens is 1. The molecule has 0 radical (unpaired) electrons.